The summed E-state index contributed by atoms with van der Waals surface area (Å²) in [6.07, 6.45) is -0.349. The maximum atomic E-state index is 13.3. The van der Waals surface area contributed by atoms with Gasteiger partial charge in [0.2, 0.25) is 0 Å². The summed E-state index contributed by atoms with van der Waals surface area (Å²) in [5.74, 6) is -0.443. The Hall–Kier alpha value is -2.36. The lowest BCUT2D eigenvalue weighted by Crippen LogP contribution is -2.44. The van der Waals surface area contributed by atoms with Gasteiger partial charge in [0.1, 0.15) is 12.0 Å². The van der Waals surface area contributed by atoms with Gasteiger partial charge in [0.25, 0.3) is 5.91 Å². The van der Waals surface area contributed by atoms with Gasteiger partial charge in [-0.3, -0.25) is 4.79 Å². The van der Waals surface area contributed by atoms with Crippen molar-refractivity contribution < 1.29 is 9.18 Å². The van der Waals surface area contributed by atoms with E-state index >= 15 is 0 Å². The van der Waals surface area contributed by atoms with Gasteiger partial charge in [-0.25, -0.2) is 4.39 Å². The molecule has 0 spiro atoms. The Bertz CT molecular complexity index is 642. The number of nitrogens with one attached hydrogen (secondary N) is 1. The first kappa shape index (κ1) is 11.7. The third-order valence-corrected chi connectivity index (χ3v) is 3.35. The zero-order valence-corrected chi connectivity index (χ0v) is 10.4. The van der Waals surface area contributed by atoms with Crippen molar-refractivity contribution in [2.24, 2.45) is 0 Å². The van der Waals surface area contributed by atoms with Crippen LogP contribution in [0.4, 0.5) is 10.1 Å². The van der Waals surface area contributed by atoms with Crippen molar-refractivity contribution in [1.82, 2.24) is 5.32 Å². The van der Waals surface area contributed by atoms with Gasteiger partial charge >= 0.3 is 0 Å². The van der Waals surface area contributed by atoms with E-state index in [0.29, 0.717) is 5.56 Å². The number of halogens is 1. The summed E-state index contributed by atoms with van der Waals surface area (Å²) >= 11 is 0. The fourth-order valence-corrected chi connectivity index (χ4v) is 2.39. The summed E-state index contributed by atoms with van der Waals surface area (Å²) in [6.45, 7) is 0. The topological polar surface area (TPSA) is 32.3 Å². The van der Waals surface area contributed by atoms with E-state index in [-0.39, 0.29) is 17.9 Å². The summed E-state index contributed by atoms with van der Waals surface area (Å²) < 4.78 is 13.3. The first-order chi connectivity index (χ1) is 9.16. The molecule has 1 aliphatic heterocycles. The molecule has 0 bridgehead atoms. The van der Waals surface area contributed by atoms with Crippen LogP contribution in [-0.4, -0.2) is 13.0 Å². The average Bonchev–Trinajstić information content (AvgIpc) is 2.43. The van der Waals surface area contributed by atoms with Gasteiger partial charge in [0, 0.05) is 7.05 Å². The van der Waals surface area contributed by atoms with Crippen LogP contribution in [-0.2, 0) is 0 Å². The lowest BCUT2D eigenvalue weighted by molar-refractivity contribution is 0.0928. The Morgan fingerprint density at radius 3 is 2.74 bits per heavy atom. The van der Waals surface area contributed by atoms with Gasteiger partial charge in [-0.15, -0.1) is 0 Å². The largest absolute Gasteiger partial charge is 0.350 e. The van der Waals surface area contributed by atoms with Crippen molar-refractivity contribution in [1.29, 1.82) is 0 Å². The van der Waals surface area contributed by atoms with E-state index in [2.05, 4.69) is 5.32 Å². The van der Waals surface area contributed by atoms with Crippen LogP contribution in [0.1, 0.15) is 22.1 Å². The van der Waals surface area contributed by atoms with Crippen LogP contribution < -0.4 is 10.2 Å². The molecule has 1 atom stereocenters. The second kappa shape index (κ2) is 4.39. The number of hydrogen-bond acceptors (Lipinski definition) is 2. The summed E-state index contributed by atoms with van der Waals surface area (Å²) in [4.78, 5) is 14.0. The lowest BCUT2D eigenvalue weighted by Gasteiger charge is -2.36. The molecular weight excluding hydrogens is 243 g/mol. The quantitative estimate of drug-likeness (QED) is 0.850. The number of hydrogen-bond donors (Lipinski definition) is 1. The van der Waals surface area contributed by atoms with Crippen LogP contribution in [0.25, 0.3) is 0 Å². The first-order valence-corrected chi connectivity index (χ1v) is 6.05. The molecule has 4 heteroatoms. The molecule has 19 heavy (non-hydrogen) atoms. The van der Waals surface area contributed by atoms with Gasteiger partial charge in [0.05, 0.1) is 11.3 Å². The summed E-state index contributed by atoms with van der Waals surface area (Å²) in [7, 11) is 1.88. The van der Waals surface area contributed by atoms with Gasteiger partial charge in [0.15, 0.2) is 0 Å². The molecule has 3 nitrogen and oxygen atoms in total. The Balaban J connectivity index is 2.05. The molecule has 2 aromatic carbocycles. The first-order valence-electron chi connectivity index (χ1n) is 6.05. The van der Waals surface area contributed by atoms with Gasteiger partial charge < -0.3 is 10.2 Å². The number of carbonyl (C=O) groups excluding carboxylic acids is 1. The normalized spacial score (nSPS) is 17.9. The molecular formula is C15H13FN2O. The highest BCUT2D eigenvalue weighted by Gasteiger charge is 2.28. The number of rotatable bonds is 1. The summed E-state index contributed by atoms with van der Waals surface area (Å²) in [6, 6.07) is 13.7. The Labute approximate surface area is 110 Å². The molecule has 96 valence electrons. The third kappa shape index (κ3) is 1.95. The van der Waals surface area contributed by atoms with Crippen LogP contribution in [0.2, 0.25) is 0 Å². The minimum Gasteiger partial charge on any atom is -0.350 e. The zero-order valence-electron chi connectivity index (χ0n) is 10.4. The van der Waals surface area contributed by atoms with Crippen molar-refractivity contribution in [3.8, 4) is 0 Å². The Morgan fingerprint density at radius 2 is 1.95 bits per heavy atom. The second-order valence-electron chi connectivity index (χ2n) is 4.56. The van der Waals surface area contributed by atoms with Gasteiger partial charge in [-0.1, -0.05) is 24.3 Å². The number of benzene rings is 2. The highest BCUT2D eigenvalue weighted by molar-refractivity contribution is 6.01. The van der Waals surface area contributed by atoms with E-state index in [1.54, 1.807) is 18.2 Å². The highest BCUT2D eigenvalue weighted by atomic mass is 19.1. The maximum absolute atomic E-state index is 13.3. The molecule has 0 aliphatic carbocycles. The van der Waals surface area contributed by atoms with E-state index in [4.69, 9.17) is 0 Å². The van der Waals surface area contributed by atoms with Crippen LogP contribution >= 0.6 is 0 Å². The van der Waals surface area contributed by atoms with Gasteiger partial charge in [-0.05, 0) is 29.8 Å². The van der Waals surface area contributed by atoms with Gasteiger partial charge in [-0.2, -0.15) is 0 Å². The van der Waals surface area contributed by atoms with Crippen LogP contribution in [0.5, 0.6) is 0 Å². The predicted octanol–water partition coefficient (Wildman–Crippen LogP) is 2.70. The summed E-state index contributed by atoms with van der Waals surface area (Å²) in [5, 5.41) is 2.89. The number of amides is 1. The SMILES string of the molecule is CN1c2ccccc2C(=O)NC1c1cccc(F)c1. The molecule has 3 rings (SSSR count). The van der Waals surface area contributed by atoms with Crippen molar-refractivity contribution >= 4 is 11.6 Å². The fraction of sp³-hybridized carbons (Fsp3) is 0.133. The van der Waals surface area contributed by atoms with E-state index in [1.807, 2.05) is 30.1 Å². The number of anilines is 1. The molecule has 1 amide bonds. The number of fused-ring (bicyclic) bond motifs is 1. The van der Waals surface area contributed by atoms with Crippen molar-refractivity contribution in [2.45, 2.75) is 6.17 Å². The van der Waals surface area contributed by atoms with E-state index in [9.17, 15) is 9.18 Å². The molecule has 1 aliphatic rings. The zero-order chi connectivity index (χ0) is 13.4. The van der Waals surface area contributed by atoms with Crippen molar-refractivity contribution in [2.75, 3.05) is 11.9 Å². The monoisotopic (exact) mass is 256 g/mol. The third-order valence-electron chi connectivity index (χ3n) is 3.35. The molecule has 1 N–H and O–H groups in total. The predicted molar refractivity (Wildman–Crippen MR) is 71.5 cm³/mol. The minimum absolute atomic E-state index is 0.136. The maximum Gasteiger partial charge on any atom is 0.255 e. The fourth-order valence-electron chi connectivity index (χ4n) is 2.39. The Morgan fingerprint density at radius 1 is 1.16 bits per heavy atom. The number of para-hydroxylation sites is 1. The van der Waals surface area contributed by atoms with E-state index in [0.717, 1.165) is 11.3 Å². The van der Waals surface area contributed by atoms with Crippen LogP contribution in [0, 0.1) is 5.82 Å². The van der Waals surface area contributed by atoms with E-state index in [1.165, 1.54) is 12.1 Å². The minimum atomic E-state index is -0.349. The second-order valence-corrected chi connectivity index (χ2v) is 4.56. The molecule has 0 aromatic heterocycles. The average molecular weight is 256 g/mol. The van der Waals surface area contributed by atoms with Crippen molar-refractivity contribution in [3.63, 3.8) is 0 Å². The molecule has 1 unspecified atom stereocenters. The van der Waals surface area contributed by atoms with Crippen LogP contribution in [0.3, 0.4) is 0 Å². The molecule has 0 radical (unpaired) electrons. The highest BCUT2D eigenvalue weighted by Crippen LogP contribution is 2.31. The standard InChI is InChI=1S/C15H13FN2O/c1-18-13-8-3-2-7-12(13)15(19)17-14(18)10-5-4-6-11(16)9-10/h2-9,14H,1H3,(H,17,19). The van der Waals surface area contributed by atoms with Crippen LogP contribution in [0.15, 0.2) is 48.5 Å². The molecule has 2 aromatic rings. The lowest BCUT2D eigenvalue weighted by atomic mass is 10.0. The van der Waals surface area contributed by atoms with E-state index < -0.39 is 0 Å². The molecule has 0 saturated carbocycles. The smallest absolute Gasteiger partial charge is 0.255 e. The van der Waals surface area contributed by atoms with Crippen molar-refractivity contribution in [3.05, 3.63) is 65.5 Å². The Kier molecular flexibility index (Phi) is 2.71. The summed E-state index contributed by atoms with van der Waals surface area (Å²) in [5.41, 5.74) is 2.21. The molecule has 0 fully saturated rings. The molecule has 1 heterocycles. The number of carbonyl (C=O) groups is 1. The number of nitrogens with zero attached hydrogens (tertiary/aromatic N) is 1. The molecule has 0 saturated heterocycles.